The van der Waals surface area contributed by atoms with Crippen molar-refractivity contribution in [1.29, 1.82) is 0 Å². The summed E-state index contributed by atoms with van der Waals surface area (Å²) >= 11 is 0. The number of fused-ring (bicyclic) bond motifs is 5. The highest BCUT2D eigenvalue weighted by Crippen LogP contribution is 2.65. The first-order chi connectivity index (χ1) is 33.6. The average molecular weight is 975 g/mol. The van der Waals surface area contributed by atoms with Crippen molar-refractivity contribution in [1.82, 2.24) is 5.32 Å². The molecule has 18 heteroatoms. The number of ether oxygens (including phenoxy) is 6. The van der Waals surface area contributed by atoms with Crippen molar-refractivity contribution >= 4 is 41.4 Å². The SMILES string of the molecule is CC(=O)O[C@@]12CO[C@@H]1C[C@H](O)[C@@]1(C)C(=O)C(C)C3=C(C)[C@@H](OC(=O)[C@H](OC(=O)Oc4ccc([N+](=O)[O-])cc4)[C@@H](NC(=O)c4ccccc4)c4ccccc4)C[C@@](O)(C(OC(=O)c4ccccc4)C12)C3(C)C. The second kappa shape index (κ2) is 19.1. The van der Waals surface area contributed by atoms with E-state index in [0.29, 0.717) is 11.1 Å². The molecule has 3 unspecified atom stereocenters. The molecule has 18 nitrogen and oxygen atoms in total. The number of amides is 1. The maximum absolute atomic E-state index is 15.5. The minimum Gasteiger partial charge on any atom is -0.455 e. The fourth-order valence-corrected chi connectivity index (χ4v) is 11.4. The first-order valence-electron chi connectivity index (χ1n) is 23.1. The van der Waals surface area contributed by atoms with Crippen LogP contribution in [0.3, 0.4) is 0 Å². The number of nitro groups is 1. The summed E-state index contributed by atoms with van der Waals surface area (Å²) in [6.45, 7) is 8.96. The molecule has 1 saturated heterocycles. The third kappa shape index (κ3) is 8.84. The molecule has 1 aliphatic heterocycles. The number of Topliss-reactive ketones (excluding diaryl/α,β-unsaturated/α-hetero) is 1. The molecule has 4 aromatic carbocycles. The highest BCUT2D eigenvalue weighted by Gasteiger charge is 2.77. The molecule has 1 amide bonds. The number of rotatable bonds is 12. The fourth-order valence-electron chi connectivity index (χ4n) is 11.4. The number of esters is 3. The lowest BCUT2D eigenvalue weighted by atomic mass is 9.43. The monoisotopic (exact) mass is 974 g/mol. The number of hydrogen-bond acceptors (Lipinski definition) is 16. The van der Waals surface area contributed by atoms with Gasteiger partial charge < -0.3 is 44.0 Å². The number of benzene rings is 4. The van der Waals surface area contributed by atoms with E-state index in [1.807, 2.05) is 0 Å². The number of non-ortho nitro benzene ring substituents is 1. The first kappa shape index (κ1) is 50.1. The topological polar surface area (TPSA) is 253 Å². The molecule has 3 fully saturated rings. The number of nitrogens with one attached hydrogen (secondary N) is 1. The number of ketones is 1. The van der Waals surface area contributed by atoms with E-state index in [4.69, 9.17) is 28.4 Å². The molecule has 3 aliphatic carbocycles. The van der Waals surface area contributed by atoms with E-state index >= 15 is 9.59 Å². The quantitative estimate of drug-likeness (QED) is 0.0339. The van der Waals surface area contributed by atoms with Gasteiger partial charge >= 0.3 is 24.1 Å². The largest absolute Gasteiger partial charge is 0.514 e. The lowest BCUT2D eigenvalue weighted by Gasteiger charge is -2.67. The third-order valence-corrected chi connectivity index (χ3v) is 15.0. The summed E-state index contributed by atoms with van der Waals surface area (Å²) in [6, 6.07) is 27.0. The zero-order valence-electron chi connectivity index (χ0n) is 39.8. The van der Waals surface area contributed by atoms with Crippen LogP contribution >= 0.6 is 0 Å². The number of nitrogens with zero attached hydrogens (tertiary/aromatic N) is 1. The van der Waals surface area contributed by atoms with Crippen molar-refractivity contribution in [2.75, 3.05) is 6.61 Å². The lowest BCUT2D eigenvalue weighted by molar-refractivity contribution is -0.384. The van der Waals surface area contributed by atoms with E-state index in [-0.39, 0.29) is 41.2 Å². The van der Waals surface area contributed by atoms with E-state index in [2.05, 4.69) is 5.32 Å². The minimum absolute atomic E-state index is 0.0764. The number of carbonyl (C=O) groups excluding carboxylic acids is 6. The summed E-state index contributed by atoms with van der Waals surface area (Å²) in [5.41, 5.74) is -6.53. The Morgan fingerprint density at radius 2 is 1.45 bits per heavy atom. The zero-order valence-corrected chi connectivity index (χ0v) is 39.8. The standard InChI is InChI=1S/C53H54N2O16/c1-29-37(68-48(61)42(69-49(62)67-36-24-22-35(23-25-36)55(64)65)41(32-16-10-7-11-17-32)54-46(59)33-18-12-8-13-19-33)27-53(63)45(70-47(60)34-20-14-9-15-21-34)43-51(6,44(58)30(2)40(29)50(53,4)5)38(57)26-39-52(43,28-66-39)71-31(3)56/h7-25,30,37-39,41-43,45,57,63H,26-28H2,1-6H3,(H,54,59)/t30?,37-,38-,39+,41-,42+,43?,45?,51+,52-,53+/m0/s1. The Morgan fingerprint density at radius 3 is 2.01 bits per heavy atom. The molecule has 3 N–H and O–H groups in total. The molecule has 4 aliphatic rings. The molecule has 4 aromatic rings. The summed E-state index contributed by atoms with van der Waals surface area (Å²) in [4.78, 5) is 96.5. The first-order valence-corrected chi connectivity index (χ1v) is 23.1. The van der Waals surface area contributed by atoms with Crippen LogP contribution in [0.4, 0.5) is 10.5 Å². The molecule has 0 spiro atoms. The van der Waals surface area contributed by atoms with Gasteiger partial charge in [-0.05, 0) is 67.0 Å². The average Bonchev–Trinajstić information content (AvgIpc) is 3.34. The van der Waals surface area contributed by atoms with E-state index in [9.17, 15) is 39.5 Å². The molecular formula is C53H54N2O16. The Labute approximate surface area is 408 Å². The summed E-state index contributed by atoms with van der Waals surface area (Å²) in [7, 11) is 0. The van der Waals surface area contributed by atoms with Crippen LogP contribution in [0.15, 0.2) is 126 Å². The third-order valence-electron chi connectivity index (χ3n) is 15.0. The van der Waals surface area contributed by atoms with Gasteiger partial charge in [0.2, 0.25) is 6.10 Å². The van der Waals surface area contributed by atoms with Gasteiger partial charge in [0.25, 0.3) is 11.6 Å². The molecule has 0 radical (unpaired) electrons. The molecule has 372 valence electrons. The molecular weight excluding hydrogens is 921 g/mol. The van der Waals surface area contributed by atoms with Crippen LogP contribution in [0.5, 0.6) is 5.75 Å². The van der Waals surface area contributed by atoms with Gasteiger partial charge in [0.1, 0.15) is 41.5 Å². The van der Waals surface area contributed by atoms with Crippen LogP contribution in [0, 0.1) is 32.8 Å². The van der Waals surface area contributed by atoms with Crippen molar-refractivity contribution in [3.05, 3.63) is 153 Å². The smallest absolute Gasteiger partial charge is 0.455 e. The normalized spacial score (nSPS) is 29.2. The second-order valence-corrected chi connectivity index (χ2v) is 19.3. The number of aliphatic hydroxyl groups excluding tert-OH is 1. The van der Waals surface area contributed by atoms with Crippen molar-refractivity contribution in [2.45, 2.75) is 102 Å². The Bertz CT molecular complexity index is 2770. The second-order valence-electron chi connectivity index (χ2n) is 19.3. The Hall–Kier alpha value is -7.28. The van der Waals surface area contributed by atoms with E-state index < -0.39 is 118 Å². The van der Waals surface area contributed by atoms with Gasteiger partial charge in [-0.2, -0.15) is 0 Å². The van der Waals surface area contributed by atoms with E-state index in [1.165, 1.54) is 38.1 Å². The minimum atomic E-state index is -2.33. The van der Waals surface area contributed by atoms with Crippen molar-refractivity contribution in [3.8, 4) is 5.75 Å². The molecule has 8 rings (SSSR count). The van der Waals surface area contributed by atoms with Crippen molar-refractivity contribution in [3.63, 3.8) is 0 Å². The van der Waals surface area contributed by atoms with Gasteiger partial charge in [-0.25, -0.2) is 14.4 Å². The van der Waals surface area contributed by atoms with Gasteiger partial charge in [-0.15, -0.1) is 0 Å². The maximum Gasteiger partial charge on any atom is 0.514 e. The molecule has 11 atom stereocenters. The van der Waals surface area contributed by atoms with Crippen LogP contribution < -0.4 is 10.1 Å². The highest BCUT2D eigenvalue weighted by molar-refractivity contribution is 5.95. The lowest BCUT2D eigenvalue weighted by Crippen LogP contribution is -2.81. The Morgan fingerprint density at radius 1 is 0.859 bits per heavy atom. The van der Waals surface area contributed by atoms with Gasteiger partial charge in [-0.1, -0.05) is 87.5 Å². The summed E-state index contributed by atoms with van der Waals surface area (Å²) < 4.78 is 36.1. The number of carbonyl (C=O) groups is 6. The van der Waals surface area contributed by atoms with E-state index in [0.717, 1.165) is 24.3 Å². The predicted molar refractivity (Wildman–Crippen MR) is 249 cm³/mol. The number of aliphatic hydroxyl groups is 2. The van der Waals surface area contributed by atoms with Crippen LogP contribution in [0.1, 0.15) is 86.7 Å². The molecule has 2 saturated carbocycles. The van der Waals surface area contributed by atoms with Crippen LogP contribution in [0.25, 0.3) is 0 Å². The maximum atomic E-state index is 15.5. The molecule has 1 heterocycles. The van der Waals surface area contributed by atoms with Gasteiger partial charge in [-0.3, -0.25) is 24.5 Å². The van der Waals surface area contributed by atoms with Crippen LogP contribution in [-0.2, 0) is 38.1 Å². The fraction of sp³-hybridized carbons (Fsp3) is 0.396. The predicted octanol–water partition coefficient (Wildman–Crippen LogP) is 6.57. The van der Waals surface area contributed by atoms with E-state index in [1.54, 1.807) is 94.4 Å². The number of hydrogen-bond donors (Lipinski definition) is 3. The highest BCUT2D eigenvalue weighted by atomic mass is 16.7. The summed E-state index contributed by atoms with van der Waals surface area (Å²) in [6.07, 6.45) is -9.87. The molecule has 71 heavy (non-hydrogen) atoms. The van der Waals surface area contributed by atoms with Gasteiger partial charge in [0.15, 0.2) is 5.60 Å². The number of nitro benzene ring substituents is 1. The van der Waals surface area contributed by atoms with Gasteiger partial charge in [0.05, 0.1) is 34.5 Å². The van der Waals surface area contributed by atoms with Crippen molar-refractivity contribution in [2.24, 2.45) is 22.7 Å². The summed E-state index contributed by atoms with van der Waals surface area (Å²) in [5, 5.41) is 40.1. The zero-order chi connectivity index (χ0) is 51.2. The molecule has 2 bridgehead atoms. The Balaban J connectivity index is 1.25. The molecule has 0 aromatic heterocycles. The summed E-state index contributed by atoms with van der Waals surface area (Å²) in [5.74, 6) is -6.90. The Kier molecular flexibility index (Phi) is 13.5. The van der Waals surface area contributed by atoms with Crippen LogP contribution in [-0.4, -0.2) is 99.2 Å². The van der Waals surface area contributed by atoms with Crippen molar-refractivity contribution < 1.29 is 72.3 Å². The van der Waals surface area contributed by atoms with Crippen LogP contribution in [0.2, 0.25) is 0 Å². The van der Waals surface area contributed by atoms with Gasteiger partial charge in [0, 0.05) is 48.8 Å².